The molecule has 3 rings (SSSR count). The van der Waals surface area contributed by atoms with Gasteiger partial charge in [-0.05, 0) is 56.7 Å². The smallest absolute Gasteiger partial charge is 0.406 e. The second-order valence-electron chi connectivity index (χ2n) is 8.77. The zero-order valence-corrected chi connectivity index (χ0v) is 16.7. The lowest BCUT2D eigenvalue weighted by Crippen LogP contribution is -2.46. The predicted octanol–water partition coefficient (Wildman–Crippen LogP) is 2.41. The van der Waals surface area contributed by atoms with Gasteiger partial charge in [0.1, 0.15) is 5.75 Å². The molecule has 2 unspecified atom stereocenters. The van der Waals surface area contributed by atoms with Gasteiger partial charge in [0.05, 0.1) is 6.54 Å². The van der Waals surface area contributed by atoms with Crippen LogP contribution < -0.4 is 15.4 Å². The van der Waals surface area contributed by atoms with Crippen LogP contribution in [0.15, 0.2) is 24.3 Å². The topological polar surface area (TPSA) is 70.7 Å². The van der Waals surface area contributed by atoms with E-state index in [1.54, 1.807) is 0 Å². The summed E-state index contributed by atoms with van der Waals surface area (Å²) in [6, 6.07) is 5.02. The van der Waals surface area contributed by atoms with Gasteiger partial charge in [-0.15, -0.1) is 13.2 Å². The van der Waals surface area contributed by atoms with Gasteiger partial charge in [-0.3, -0.25) is 14.5 Å². The van der Waals surface area contributed by atoms with Crippen LogP contribution in [0.2, 0.25) is 0 Å². The molecule has 2 N–H and O–H groups in total. The Morgan fingerprint density at radius 3 is 2.41 bits per heavy atom. The Morgan fingerprint density at radius 2 is 1.83 bits per heavy atom. The van der Waals surface area contributed by atoms with Crippen LogP contribution in [0.4, 0.5) is 13.2 Å². The monoisotopic (exact) mass is 413 g/mol. The van der Waals surface area contributed by atoms with Gasteiger partial charge in [0.25, 0.3) is 5.91 Å². The summed E-state index contributed by atoms with van der Waals surface area (Å²) in [6.07, 6.45) is -4.80. The van der Waals surface area contributed by atoms with Crippen molar-refractivity contribution < 1.29 is 27.5 Å². The van der Waals surface area contributed by atoms with Gasteiger partial charge in [0.15, 0.2) is 0 Å². The molecule has 0 spiro atoms. The van der Waals surface area contributed by atoms with Crippen molar-refractivity contribution in [3.05, 3.63) is 29.8 Å². The fourth-order valence-electron chi connectivity index (χ4n) is 3.98. The fourth-order valence-corrected chi connectivity index (χ4v) is 3.98. The van der Waals surface area contributed by atoms with E-state index in [4.69, 9.17) is 0 Å². The molecule has 0 radical (unpaired) electrons. The quantitative estimate of drug-likeness (QED) is 0.752. The van der Waals surface area contributed by atoms with E-state index in [9.17, 15) is 22.8 Å². The summed E-state index contributed by atoms with van der Waals surface area (Å²) in [5.41, 5.74) is -0.132. The molecule has 1 aromatic rings. The number of nitrogens with zero attached hydrogens (tertiary/aromatic N) is 1. The number of likely N-dealkylation sites (tertiary alicyclic amines) is 1. The molecule has 2 amide bonds. The minimum absolute atomic E-state index is 0.00427. The maximum absolute atomic E-state index is 12.3. The molecule has 9 heteroatoms. The minimum Gasteiger partial charge on any atom is -0.406 e. The molecule has 2 aliphatic rings. The van der Waals surface area contributed by atoms with Gasteiger partial charge in [0.2, 0.25) is 5.91 Å². The number of carbonyl (C=O) groups excluding carboxylic acids is 2. The zero-order valence-electron chi connectivity index (χ0n) is 16.7. The highest BCUT2D eigenvalue weighted by Crippen LogP contribution is 2.51. The Hall–Kier alpha value is -2.29. The molecule has 29 heavy (non-hydrogen) atoms. The molecule has 1 saturated heterocycles. The van der Waals surface area contributed by atoms with Crippen LogP contribution in [0, 0.1) is 17.8 Å². The molecular formula is C20H26F3N3O3. The third-order valence-electron chi connectivity index (χ3n) is 5.16. The van der Waals surface area contributed by atoms with Gasteiger partial charge >= 0.3 is 6.36 Å². The molecule has 1 saturated carbocycles. The molecular weight excluding hydrogens is 387 g/mol. The maximum atomic E-state index is 12.3. The summed E-state index contributed by atoms with van der Waals surface area (Å²) in [5, 5.41) is 5.74. The van der Waals surface area contributed by atoms with Gasteiger partial charge < -0.3 is 15.4 Å². The standard InChI is InChI=1S/C20H26F3N3O3/c1-19(2,3)25-17(27)11-26-9-15-14(16(15)10-26)8-24-18(28)12-5-4-6-13(7-12)29-20(21,22)23/h4-7,14-16H,8-11H2,1-3H3,(H,24,28)(H,25,27). The van der Waals surface area contributed by atoms with E-state index in [0.29, 0.717) is 30.8 Å². The van der Waals surface area contributed by atoms with Crippen LogP contribution in [0.3, 0.4) is 0 Å². The van der Waals surface area contributed by atoms with Crippen molar-refractivity contribution in [1.82, 2.24) is 15.5 Å². The molecule has 2 atom stereocenters. The summed E-state index contributed by atoms with van der Waals surface area (Å²) >= 11 is 0. The number of carbonyl (C=O) groups is 2. The normalized spacial score (nSPS) is 24.0. The van der Waals surface area contributed by atoms with E-state index in [-0.39, 0.29) is 17.0 Å². The van der Waals surface area contributed by atoms with Crippen LogP contribution in [-0.4, -0.2) is 54.8 Å². The SMILES string of the molecule is CC(C)(C)NC(=O)CN1CC2C(CNC(=O)c3cccc(OC(F)(F)F)c3)C2C1. The van der Waals surface area contributed by atoms with E-state index in [1.807, 2.05) is 20.8 Å². The lowest BCUT2D eigenvalue weighted by molar-refractivity contribution is -0.274. The number of ether oxygens (including phenoxy) is 1. The van der Waals surface area contributed by atoms with E-state index in [1.165, 1.54) is 12.1 Å². The first-order valence-electron chi connectivity index (χ1n) is 9.59. The van der Waals surface area contributed by atoms with E-state index in [2.05, 4.69) is 20.3 Å². The number of rotatable bonds is 6. The molecule has 0 aromatic heterocycles. The summed E-state index contributed by atoms with van der Waals surface area (Å²) in [6.45, 7) is 8.30. The number of nitrogens with one attached hydrogen (secondary N) is 2. The number of halogens is 3. The van der Waals surface area contributed by atoms with Crippen LogP contribution in [0.25, 0.3) is 0 Å². The number of piperidine rings is 1. The molecule has 1 aromatic carbocycles. The second kappa shape index (κ2) is 7.85. The van der Waals surface area contributed by atoms with Crippen LogP contribution in [0.5, 0.6) is 5.75 Å². The molecule has 1 aliphatic heterocycles. The van der Waals surface area contributed by atoms with Crippen molar-refractivity contribution in [3.63, 3.8) is 0 Å². The highest BCUT2D eigenvalue weighted by molar-refractivity contribution is 5.94. The van der Waals surface area contributed by atoms with Crippen LogP contribution in [-0.2, 0) is 4.79 Å². The average molecular weight is 413 g/mol. The predicted molar refractivity (Wildman–Crippen MR) is 100 cm³/mol. The van der Waals surface area contributed by atoms with Crippen molar-refractivity contribution in [2.75, 3.05) is 26.2 Å². The van der Waals surface area contributed by atoms with Gasteiger partial charge in [-0.25, -0.2) is 0 Å². The third-order valence-corrected chi connectivity index (χ3v) is 5.16. The van der Waals surface area contributed by atoms with Crippen molar-refractivity contribution >= 4 is 11.8 Å². The van der Waals surface area contributed by atoms with Crippen molar-refractivity contribution in [1.29, 1.82) is 0 Å². The largest absolute Gasteiger partial charge is 0.573 e. The van der Waals surface area contributed by atoms with Gasteiger partial charge in [-0.2, -0.15) is 0 Å². The first kappa shape index (κ1) is 21.4. The Balaban J connectivity index is 1.42. The van der Waals surface area contributed by atoms with Crippen molar-refractivity contribution in [3.8, 4) is 5.75 Å². The Kier molecular flexibility index (Phi) is 5.80. The maximum Gasteiger partial charge on any atom is 0.573 e. The number of amides is 2. The molecule has 6 nitrogen and oxygen atoms in total. The van der Waals surface area contributed by atoms with E-state index < -0.39 is 18.0 Å². The first-order valence-corrected chi connectivity index (χ1v) is 9.59. The fraction of sp³-hybridized carbons (Fsp3) is 0.600. The second-order valence-corrected chi connectivity index (χ2v) is 8.77. The molecule has 0 bridgehead atoms. The van der Waals surface area contributed by atoms with Crippen molar-refractivity contribution in [2.45, 2.75) is 32.7 Å². The summed E-state index contributed by atoms with van der Waals surface area (Å²) in [4.78, 5) is 26.4. The number of fused-ring (bicyclic) bond motifs is 1. The highest BCUT2D eigenvalue weighted by atomic mass is 19.4. The molecule has 1 aliphatic carbocycles. The van der Waals surface area contributed by atoms with E-state index >= 15 is 0 Å². The Bertz CT molecular complexity index is 764. The number of hydrogen-bond donors (Lipinski definition) is 2. The summed E-state index contributed by atoms with van der Waals surface area (Å²) < 4.78 is 40.8. The summed E-state index contributed by atoms with van der Waals surface area (Å²) in [7, 11) is 0. The van der Waals surface area contributed by atoms with Gasteiger partial charge in [-0.1, -0.05) is 6.07 Å². The Morgan fingerprint density at radius 1 is 1.17 bits per heavy atom. The summed E-state index contributed by atoms with van der Waals surface area (Å²) in [5.74, 6) is 0.386. The van der Waals surface area contributed by atoms with Crippen LogP contribution in [0.1, 0.15) is 31.1 Å². The first-order chi connectivity index (χ1) is 13.4. The van der Waals surface area contributed by atoms with Crippen molar-refractivity contribution in [2.24, 2.45) is 17.8 Å². The zero-order chi connectivity index (χ0) is 21.4. The van der Waals surface area contributed by atoms with Crippen LogP contribution >= 0.6 is 0 Å². The van der Waals surface area contributed by atoms with E-state index in [0.717, 1.165) is 25.2 Å². The number of hydrogen-bond acceptors (Lipinski definition) is 4. The molecule has 160 valence electrons. The number of benzene rings is 1. The number of alkyl halides is 3. The molecule has 2 fully saturated rings. The highest BCUT2D eigenvalue weighted by Gasteiger charge is 2.55. The third kappa shape index (κ3) is 6.09. The van der Waals surface area contributed by atoms with Gasteiger partial charge in [0, 0.05) is 30.7 Å². The lowest BCUT2D eigenvalue weighted by atomic mass is 10.1. The average Bonchev–Trinajstić information content (AvgIpc) is 3.01. The minimum atomic E-state index is -4.80. The Labute approximate surface area is 167 Å². The molecule has 1 heterocycles. The lowest BCUT2D eigenvalue weighted by Gasteiger charge is -2.24.